The van der Waals surface area contributed by atoms with Crippen molar-refractivity contribution < 1.29 is 28.5 Å². The highest BCUT2D eigenvalue weighted by Crippen LogP contribution is 2.50. The minimum atomic E-state index is -0.614. The Bertz CT molecular complexity index is 856. The van der Waals surface area contributed by atoms with Gasteiger partial charge in [-0.15, -0.1) is 0 Å². The van der Waals surface area contributed by atoms with Crippen LogP contribution in [0.25, 0.3) is 0 Å². The molecule has 0 unspecified atom stereocenters. The molecular formula is C22H25NO6. The largest absolute Gasteiger partial charge is 0.497 e. The van der Waals surface area contributed by atoms with Crippen LogP contribution < -0.4 is 9.47 Å². The molecule has 1 saturated heterocycles. The number of nitrogens with zero attached hydrogens (tertiary/aromatic N) is 1. The number of esters is 1. The maximum absolute atomic E-state index is 12.5. The number of carbonyl (C=O) groups excluding carboxylic acids is 1. The topological polar surface area (TPSA) is 76.1 Å². The fourth-order valence-corrected chi connectivity index (χ4v) is 3.41. The lowest BCUT2D eigenvalue weighted by molar-refractivity contribution is -0.146. The van der Waals surface area contributed by atoms with E-state index in [-0.39, 0.29) is 5.97 Å². The van der Waals surface area contributed by atoms with Gasteiger partial charge in [0.1, 0.15) is 23.8 Å². The van der Waals surface area contributed by atoms with Crippen LogP contribution in [-0.2, 0) is 31.0 Å². The zero-order valence-electron chi connectivity index (χ0n) is 16.7. The van der Waals surface area contributed by atoms with Gasteiger partial charge in [-0.3, -0.25) is 9.78 Å². The monoisotopic (exact) mass is 399 g/mol. The van der Waals surface area contributed by atoms with Crippen LogP contribution in [-0.4, -0.2) is 37.9 Å². The van der Waals surface area contributed by atoms with Crippen molar-refractivity contribution in [3.63, 3.8) is 0 Å². The lowest BCUT2D eigenvalue weighted by Gasteiger charge is -2.19. The third-order valence-corrected chi connectivity index (χ3v) is 5.25. The quantitative estimate of drug-likeness (QED) is 0.630. The molecule has 2 aliphatic rings. The molecule has 0 radical (unpaired) electrons. The SMILES string of the molecule is CCOC(=O)C1(c2cnc(C3OCCO3)c(OCc3ccc(OC)cc3)c2)CC1. The zero-order chi connectivity index (χ0) is 20.3. The van der Waals surface area contributed by atoms with Crippen LogP contribution in [0.2, 0.25) is 0 Å². The number of carbonyl (C=O) groups is 1. The summed E-state index contributed by atoms with van der Waals surface area (Å²) in [4.78, 5) is 17.0. The smallest absolute Gasteiger partial charge is 0.316 e. The van der Waals surface area contributed by atoms with Crippen molar-refractivity contribution in [1.29, 1.82) is 0 Å². The fourth-order valence-electron chi connectivity index (χ4n) is 3.41. The summed E-state index contributed by atoms with van der Waals surface area (Å²) in [5.74, 6) is 1.14. The Balaban J connectivity index is 1.59. The number of ether oxygens (including phenoxy) is 5. The summed E-state index contributed by atoms with van der Waals surface area (Å²) in [6.45, 7) is 3.54. The Hall–Kier alpha value is -2.64. The van der Waals surface area contributed by atoms with Crippen LogP contribution in [0.4, 0.5) is 0 Å². The molecule has 2 aromatic rings. The summed E-state index contributed by atoms with van der Waals surface area (Å²) >= 11 is 0. The Morgan fingerprint density at radius 3 is 2.55 bits per heavy atom. The molecule has 154 valence electrons. The summed E-state index contributed by atoms with van der Waals surface area (Å²) < 4.78 is 27.8. The molecule has 0 bridgehead atoms. The van der Waals surface area contributed by atoms with Crippen molar-refractivity contribution in [2.24, 2.45) is 0 Å². The van der Waals surface area contributed by atoms with Gasteiger partial charge in [0.05, 0.1) is 32.3 Å². The van der Waals surface area contributed by atoms with Crippen LogP contribution in [0, 0.1) is 0 Å². The molecule has 0 amide bonds. The van der Waals surface area contributed by atoms with Crippen molar-refractivity contribution in [1.82, 2.24) is 4.98 Å². The minimum Gasteiger partial charge on any atom is -0.497 e. The van der Waals surface area contributed by atoms with E-state index in [9.17, 15) is 4.79 Å². The number of methoxy groups -OCH3 is 1. The first-order chi connectivity index (χ1) is 14.2. The minimum absolute atomic E-state index is 0.205. The van der Waals surface area contributed by atoms with Crippen LogP contribution in [0.5, 0.6) is 11.5 Å². The number of benzene rings is 1. The van der Waals surface area contributed by atoms with Gasteiger partial charge in [-0.1, -0.05) is 12.1 Å². The Labute approximate surface area is 169 Å². The van der Waals surface area contributed by atoms with Gasteiger partial charge < -0.3 is 23.7 Å². The molecule has 1 saturated carbocycles. The highest BCUT2D eigenvalue weighted by Gasteiger charge is 2.53. The molecule has 4 rings (SSSR count). The summed E-state index contributed by atoms with van der Waals surface area (Å²) in [5.41, 5.74) is 1.76. The van der Waals surface area contributed by atoms with E-state index in [4.69, 9.17) is 23.7 Å². The normalized spacial score (nSPS) is 17.7. The van der Waals surface area contributed by atoms with Gasteiger partial charge in [0.2, 0.25) is 6.29 Å². The number of hydrogen-bond acceptors (Lipinski definition) is 7. The molecule has 1 aromatic carbocycles. The van der Waals surface area contributed by atoms with Gasteiger partial charge in [0.15, 0.2) is 0 Å². The second kappa shape index (κ2) is 8.39. The Morgan fingerprint density at radius 1 is 1.21 bits per heavy atom. The van der Waals surface area contributed by atoms with Gasteiger partial charge >= 0.3 is 5.97 Å². The lowest BCUT2D eigenvalue weighted by Crippen LogP contribution is -2.24. The molecule has 0 atom stereocenters. The maximum atomic E-state index is 12.5. The first-order valence-electron chi connectivity index (χ1n) is 9.83. The average molecular weight is 399 g/mol. The van der Waals surface area contributed by atoms with Gasteiger partial charge in [0, 0.05) is 6.20 Å². The zero-order valence-corrected chi connectivity index (χ0v) is 16.7. The first kappa shape index (κ1) is 19.7. The molecule has 7 heteroatoms. The van der Waals surface area contributed by atoms with E-state index in [1.807, 2.05) is 37.3 Å². The lowest BCUT2D eigenvalue weighted by atomic mass is 9.97. The third kappa shape index (κ3) is 4.06. The van der Waals surface area contributed by atoms with Crippen LogP contribution in [0.15, 0.2) is 36.5 Å². The van der Waals surface area contributed by atoms with Gasteiger partial charge in [-0.2, -0.15) is 0 Å². The molecule has 7 nitrogen and oxygen atoms in total. The molecule has 0 spiro atoms. The molecule has 0 N–H and O–H groups in total. The van der Waals surface area contributed by atoms with Crippen molar-refractivity contribution >= 4 is 5.97 Å². The van der Waals surface area contributed by atoms with E-state index in [2.05, 4.69) is 4.98 Å². The van der Waals surface area contributed by atoms with Crippen LogP contribution in [0.3, 0.4) is 0 Å². The predicted octanol–water partition coefficient (Wildman–Crippen LogP) is 3.31. The van der Waals surface area contributed by atoms with Gasteiger partial charge in [-0.25, -0.2) is 0 Å². The molecular weight excluding hydrogens is 374 g/mol. The van der Waals surface area contributed by atoms with E-state index in [0.29, 0.717) is 37.9 Å². The Kier molecular flexibility index (Phi) is 5.69. The summed E-state index contributed by atoms with van der Waals surface area (Å²) in [5, 5.41) is 0. The second-order valence-corrected chi connectivity index (χ2v) is 7.12. The molecule has 2 fully saturated rings. The molecule has 2 heterocycles. The Morgan fingerprint density at radius 2 is 1.93 bits per heavy atom. The molecule has 1 aliphatic heterocycles. The highest BCUT2D eigenvalue weighted by atomic mass is 16.7. The second-order valence-electron chi connectivity index (χ2n) is 7.12. The van der Waals surface area contributed by atoms with Gasteiger partial charge in [-0.05, 0) is 49.1 Å². The summed E-state index contributed by atoms with van der Waals surface area (Å²) in [6, 6.07) is 9.54. The van der Waals surface area contributed by atoms with Crippen molar-refractivity contribution in [2.45, 2.75) is 38.1 Å². The standard InChI is InChI=1S/C22H25NO6/c1-3-26-21(24)22(8-9-22)16-12-18(19(23-13-16)20-27-10-11-28-20)29-14-15-4-6-17(25-2)7-5-15/h4-7,12-13,20H,3,8-11,14H2,1-2H3. The first-order valence-corrected chi connectivity index (χ1v) is 9.83. The summed E-state index contributed by atoms with van der Waals surface area (Å²) in [6.07, 6.45) is 2.65. The maximum Gasteiger partial charge on any atom is 0.316 e. The van der Waals surface area contributed by atoms with Crippen molar-refractivity contribution in [2.75, 3.05) is 26.9 Å². The highest BCUT2D eigenvalue weighted by molar-refractivity contribution is 5.86. The van der Waals surface area contributed by atoms with E-state index < -0.39 is 11.7 Å². The third-order valence-electron chi connectivity index (χ3n) is 5.25. The molecule has 1 aliphatic carbocycles. The molecule has 1 aromatic heterocycles. The molecule has 29 heavy (non-hydrogen) atoms. The number of aromatic nitrogens is 1. The fraction of sp³-hybridized carbons (Fsp3) is 0.455. The number of hydrogen-bond donors (Lipinski definition) is 0. The van der Waals surface area contributed by atoms with E-state index in [0.717, 1.165) is 29.7 Å². The van der Waals surface area contributed by atoms with E-state index in [1.165, 1.54) is 0 Å². The van der Waals surface area contributed by atoms with Crippen molar-refractivity contribution in [3.05, 3.63) is 53.3 Å². The van der Waals surface area contributed by atoms with E-state index in [1.54, 1.807) is 13.3 Å². The van der Waals surface area contributed by atoms with Crippen LogP contribution in [0.1, 0.15) is 42.9 Å². The predicted molar refractivity (Wildman–Crippen MR) is 104 cm³/mol. The number of rotatable bonds is 8. The summed E-state index contributed by atoms with van der Waals surface area (Å²) in [7, 11) is 1.63. The van der Waals surface area contributed by atoms with Crippen LogP contribution >= 0.6 is 0 Å². The number of pyridine rings is 1. The van der Waals surface area contributed by atoms with Crippen molar-refractivity contribution in [3.8, 4) is 11.5 Å². The average Bonchev–Trinajstić information content (AvgIpc) is 3.40. The van der Waals surface area contributed by atoms with E-state index >= 15 is 0 Å². The van der Waals surface area contributed by atoms with Gasteiger partial charge in [0.25, 0.3) is 0 Å².